The number of methoxy groups -OCH3 is 1. The van der Waals surface area contributed by atoms with Crippen molar-refractivity contribution in [2.75, 3.05) is 20.3 Å². The van der Waals surface area contributed by atoms with E-state index in [2.05, 4.69) is 20.8 Å². The Balaban J connectivity index is 1.80. The fourth-order valence-electron chi connectivity index (χ4n) is 5.77. The largest absolute Gasteiger partial charge is 0.493 e. The number of nitrogens with zero attached hydrogens (tertiary/aromatic N) is 1. The van der Waals surface area contributed by atoms with E-state index in [-0.39, 0.29) is 29.9 Å². The van der Waals surface area contributed by atoms with Gasteiger partial charge in [0.2, 0.25) is 5.91 Å². The van der Waals surface area contributed by atoms with Gasteiger partial charge in [0.05, 0.1) is 19.3 Å². The number of hydrogen-bond donors (Lipinski definition) is 2. The number of amides is 1. The zero-order valence-electron chi connectivity index (χ0n) is 20.5. The van der Waals surface area contributed by atoms with E-state index in [0.717, 1.165) is 30.1 Å². The molecule has 2 N–H and O–H groups in total. The van der Waals surface area contributed by atoms with Gasteiger partial charge in [-0.3, -0.25) is 4.79 Å². The van der Waals surface area contributed by atoms with Gasteiger partial charge in [-0.15, -0.1) is 0 Å². The molecule has 3 rings (SSSR count). The summed E-state index contributed by atoms with van der Waals surface area (Å²) in [4.78, 5) is 13.9. The molecule has 1 aromatic carbocycles. The number of aliphatic hydroxyl groups is 2. The molecule has 0 aromatic heterocycles. The van der Waals surface area contributed by atoms with Crippen molar-refractivity contribution in [2.45, 2.75) is 84.5 Å². The molecular formula is C26H41NO5. The van der Waals surface area contributed by atoms with Crippen molar-refractivity contribution in [1.82, 2.24) is 4.90 Å². The standard InChI is InChI=1S/C26H41NO5/c1-16-25(17(2)29)21(14-27(16)24(30)15-28)18-7-12-22(31-6)23(13-18)32-20-10-8-19(9-11-20)26(3,4)5/h7,12-13,16-17,19-21,25,28-29H,8-11,14-15H2,1-6H3/t16?,17-,19?,20?,21?,25?/m0/s1. The monoisotopic (exact) mass is 447 g/mol. The van der Waals surface area contributed by atoms with Crippen LogP contribution in [-0.4, -0.2) is 59.5 Å². The predicted molar refractivity (Wildman–Crippen MR) is 125 cm³/mol. The minimum absolute atomic E-state index is 0.0367. The maximum atomic E-state index is 12.2. The normalized spacial score (nSPS) is 29.6. The number of hydrogen-bond acceptors (Lipinski definition) is 5. The first-order valence-corrected chi connectivity index (χ1v) is 12.0. The lowest BCUT2D eigenvalue weighted by Gasteiger charge is -2.37. The predicted octanol–water partition coefficient (Wildman–Crippen LogP) is 3.98. The molecule has 0 radical (unpaired) electrons. The van der Waals surface area contributed by atoms with Gasteiger partial charge in [0.1, 0.15) is 6.61 Å². The van der Waals surface area contributed by atoms with Crippen molar-refractivity contribution >= 4 is 5.91 Å². The van der Waals surface area contributed by atoms with E-state index in [4.69, 9.17) is 9.47 Å². The fraction of sp³-hybridized carbons (Fsp3) is 0.731. The van der Waals surface area contributed by atoms with E-state index >= 15 is 0 Å². The summed E-state index contributed by atoms with van der Waals surface area (Å²) in [5, 5.41) is 19.9. The molecule has 180 valence electrons. The minimum Gasteiger partial charge on any atom is -0.493 e. The summed E-state index contributed by atoms with van der Waals surface area (Å²) >= 11 is 0. The maximum Gasteiger partial charge on any atom is 0.248 e. The SMILES string of the molecule is COc1ccc(C2CN(C(=O)CO)C(C)C2[C@H](C)O)cc1OC1CCC(C(C)(C)C)CC1. The summed E-state index contributed by atoms with van der Waals surface area (Å²) in [5.74, 6) is 1.70. The number of likely N-dealkylation sites (tertiary alicyclic amines) is 1. The average Bonchev–Trinajstić information content (AvgIpc) is 3.10. The van der Waals surface area contributed by atoms with Crippen LogP contribution in [0.15, 0.2) is 18.2 Å². The van der Waals surface area contributed by atoms with E-state index in [0.29, 0.717) is 17.7 Å². The lowest BCUT2D eigenvalue weighted by atomic mass is 9.72. The van der Waals surface area contributed by atoms with Crippen LogP contribution in [0.25, 0.3) is 0 Å². The molecule has 1 saturated carbocycles. The van der Waals surface area contributed by atoms with Crippen LogP contribution in [0.5, 0.6) is 11.5 Å². The Hall–Kier alpha value is -1.79. The summed E-state index contributed by atoms with van der Waals surface area (Å²) in [6.07, 6.45) is 3.98. The van der Waals surface area contributed by atoms with Gasteiger partial charge < -0.3 is 24.6 Å². The third kappa shape index (κ3) is 5.23. The third-order valence-electron chi connectivity index (χ3n) is 7.73. The summed E-state index contributed by atoms with van der Waals surface area (Å²) in [6, 6.07) is 5.79. The van der Waals surface area contributed by atoms with Crippen molar-refractivity contribution in [2.24, 2.45) is 17.3 Å². The Bertz CT molecular complexity index is 779. The first-order chi connectivity index (χ1) is 15.1. The number of rotatable bonds is 6. The molecule has 1 aromatic rings. The van der Waals surface area contributed by atoms with Gasteiger partial charge in [0.15, 0.2) is 11.5 Å². The van der Waals surface area contributed by atoms with Crippen LogP contribution >= 0.6 is 0 Å². The molecule has 3 unspecified atom stereocenters. The molecule has 2 fully saturated rings. The second-order valence-corrected chi connectivity index (χ2v) is 10.7. The van der Waals surface area contributed by atoms with Crippen LogP contribution in [0, 0.1) is 17.3 Å². The number of benzene rings is 1. The Morgan fingerprint density at radius 2 is 1.84 bits per heavy atom. The molecule has 1 heterocycles. The Labute approximate surface area is 192 Å². The first kappa shape index (κ1) is 24.8. The van der Waals surface area contributed by atoms with Crippen molar-refractivity contribution in [3.8, 4) is 11.5 Å². The van der Waals surface area contributed by atoms with Crippen LogP contribution in [-0.2, 0) is 4.79 Å². The highest BCUT2D eigenvalue weighted by atomic mass is 16.5. The van der Waals surface area contributed by atoms with Crippen LogP contribution in [0.2, 0.25) is 0 Å². The lowest BCUT2D eigenvalue weighted by Crippen LogP contribution is -2.39. The van der Waals surface area contributed by atoms with Crippen LogP contribution in [0.4, 0.5) is 0 Å². The summed E-state index contributed by atoms with van der Waals surface area (Å²) in [6.45, 7) is 10.6. The molecule has 1 saturated heterocycles. The maximum absolute atomic E-state index is 12.2. The fourth-order valence-corrected chi connectivity index (χ4v) is 5.77. The van der Waals surface area contributed by atoms with Gasteiger partial charge in [-0.2, -0.15) is 0 Å². The number of carbonyl (C=O) groups is 1. The first-order valence-electron chi connectivity index (χ1n) is 12.0. The van der Waals surface area contributed by atoms with E-state index in [1.807, 2.05) is 25.1 Å². The van der Waals surface area contributed by atoms with E-state index in [1.165, 1.54) is 12.8 Å². The summed E-state index contributed by atoms with van der Waals surface area (Å²) < 4.78 is 12.0. The van der Waals surface area contributed by atoms with E-state index in [1.54, 1.807) is 18.9 Å². The molecule has 1 aliphatic carbocycles. The van der Waals surface area contributed by atoms with E-state index in [9.17, 15) is 15.0 Å². The van der Waals surface area contributed by atoms with Gasteiger partial charge >= 0.3 is 0 Å². The van der Waals surface area contributed by atoms with Crippen molar-refractivity contribution in [1.29, 1.82) is 0 Å². The highest BCUT2D eigenvalue weighted by Crippen LogP contribution is 2.43. The molecular weight excluding hydrogens is 406 g/mol. The van der Waals surface area contributed by atoms with Gasteiger partial charge in [-0.1, -0.05) is 26.8 Å². The lowest BCUT2D eigenvalue weighted by molar-refractivity contribution is -0.135. The molecule has 1 aliphatic heterocycles. The van der Waals surface area contributed by atoms with Crippen molar-refractivity contribution < 1.29 is 24.5 Å². The third-order valence-corrected chi connectivity index (χ3v) is 7.73. The Kier molecular flexibility index (Phi) is 7.77. The quantitative estimate of drug-likeness (QED) is 0.690. The van der Waals surface area contributed by atoms with Crippen LogP contribution in [0.3, 0.4) is 0 Å². The molecule has 0 bridgehead atoms. The second-order valence-electron chi connectivity index (χ2n) is 10.7. The zero-order valence-corrected chi connectivity index (χ0v) is 20.5. The van der Waals surface area contributed by atoms with Gasteiger partial charge in [-0.25, -0.2) is 0 Å². The minimum atomic E-state index is -0.578. The average molecular weight is 448 g/mol. The Morgan fingerprint density at radius 1 is 1.19 bits per heavy atom. The van der Waals surface area contributed by atoms with Gasteiger partial charge in [0, 0.05) is 24.4 Å². The van der Waals surface area contributed by atoms with Crippen LogP contribution < -0.4 is 9.47 Å². The molecule has 1 amide bonds. The summed E-state index contributed by atoms with van der Waals surface area (Å²) in [5.41, 5.74) is 1.35. The molecule has 4 atom stereocenters. The number of ether oxygens (including phenoxy) is 2. The molecule has 32 heavy (non-hydrogen) atoms. The van der Waals surface area contributed by atoms with E-state index < -0.39 is 12.7 Å². The number of aliphatic hydroxyl groups excluding tert-OH is 2. The second kappa shape index (κ2) is 10.0. The van der Waals surface area contributed by atoms with Crippen molar-refractivity contribution in [3.05, 3.63) is 23.8 Å². The smallest absolute Gasteiger partial charge is 0.248 e. The summed E-state index contributed by atoms with van der Waals surface area (Å²) in [7, 11) is 1.65. The Morgan fingerprint density at radius 3 is 2.38 bits per heavy atom. The van der Waals surface area contributed by atoms with Gasteiger partial charge in [-0.05, 0) is 68.6 Å². The molecule has 0 spiro atoms. The highest BCUT2D eigenvalue weighted by Gasteiger charge is 2.44. The van der Waals surface area contributed by atoms with Gasteiger partial charge in [0.25, 0.3) is 0 Å². The highest BCUT2D eigenvalue weighted by molar-refractivity contribution is 5.78. The molecule has 6 nitrogen and oxygen atoms in total. The number of carbonyl (C=O) groups excluding carboxylic acids is 1. The topological polar surface area (TPSA) is 79.2 Å². The van der Waals surface area contributed by atoms with Crippen molar-refractivity contribution in [3.63, 3.8) is 0 Å². The zero-order chi connectivity index (χ0) is 23.6. The molecule has 6 heteroatoms. The molecule has 2 aliphatic rings. The van der Waals surface area contributed by atoms with Crippen LogP contribution in [0.1, 0.15) is 71.8 Å².